The molecule has 0 fully saturated rings. The van der Waals surface area contributed by atoms with Crippen LogP contribution >= 0.6 is 23.5 Å². The molecule has 0 aliphatic heterocycles. The zero-order chi connectivity index (χ0) is 52.6. The third-order valence-electron chi connectivity index (χ3n) is 14.0. The van der Waals surface area contributed by atoms with Gasteiger partial charge in [-0.05, 0) is 75.9 Å². The molecule has 0 bridgehead atoms. The summed E-state index contributed by atoms with van der Waals surface area (Å²) >= 11 is 3.33. The highest BCUT2D eigenvalue weighted by Gasteiger charge is 2.40. The van der Waals surface area contributed by atoms with Crippen molar-refractivity contribution in [2.75, 3.05) is 18.1 Å². The van der Waals surface area contributed by atoms with Crippen LogP contribution in [0.3, 0.4) is 0 Å². The summed E-state index contributed by atoms with van der Waals surface area (Å²) in [6, 6.07) is 77.3. The maximum atomic E-state index is 13.2. The molecule has 1 aliphatic carbocycles. The molecule has 0 saturated carbocycles. The number of benzene rings is 8. The highest BCUT2D eigenvalue weighted by atomic mass is 32.2. The number of carbonyl (C=O) groups excluding carboxylic acids is 4. The highest BCUT2D eigenvalue weighted by molar-refractivity contribution is 8.01. The number of ketones is 2. The molecule has 75 heavy (non-hydrogen) atoms. The van der Waals surface area contributed by atoms with E-state index in [-0.39, 0.29) is 35.9 Å². The topological polar surface area (TPSA) is 102 Å². The Morgan fingerprint density at radius 3 is 1.05 bits per heavy atom. The molecule has 0 heterocycles. The van der Waals surface area contributed by atoms with Gasteiger partial charge in [-0.1, -0.05) is 244 Å². The average Bonchev–Trinajstić information content (AvgIpc) is 3.79. The van der Waals surface area contributed by atoms with Gasteiger partial charge < -0.3 is 15.4 Å². The third kappa shape index (κ3) is 12.4. The molecule has 8 aromatic carbocycles. The van der Waals surface area contributed by atoms with Gasteiger partial charge in [0.05, 0.1) is 21.6 Å². The molecule has 0 aromatic heterocycles. The van der Waals surface area contributed by atoms with Crippen molar-refractivity contribution >= 4 is 47.1 Å². The lowest BCUT2D eigenvalue weighted by Crippen LogP contribution is -2.44. The Kier molecular flexibility index (Phi) is 18.4. The van der Waals surface area contributed by atoms with Crippen LogP contribution in [-0.2, 0) is 28.6 Å². The Balaban J connectivity index is 0.000000209. The zero-order valence-corrected chi connectivity index (χ0v) is 44.6. The highest BCUT2D eigenvalue weighted by Crippen LogP contribution is 2.50. The summed E-state index contributed by atoms with van der Waals surface area (Å²) < 4.78 is 4.68. The van der Waals surface area contributed by atoms with Crippen LogP contribution in [0.15, 0.2) is 231 Å². The second kappa shape index (κ2) is 25.7. The molecule has 9 rings (SSSR count). The SMILES string of the molecule is CC(=O)[C@H](CSC(c1ccccc1)(c1ccccc1)c1ccccc1)NC(=O)OCC1c2ccccc2-c2ccccc21.CC[C@H](C)C(=O)NC(CSC(c1ccccc1)(c1ccccc1)c1ccccc1)C(C)=O. The number of carbonyl (C=O) groups is 4. The molecule has 380 valence electrons. The van der Waals surface area contributed by atoms with E-state index >= 15 is 0 Å². The molecule has 1 aliphatic rings. The number of hydrogen-bond acceptors (Lipinski definition) is 7. The predicted molar refractivity (Wildman–Crippen MR) is 308 cm³/mol. The molecule has 3 atom stereocenters. The number of hydrogen-bond donors (Lipinski definition) is 2. The first-order valence-electron chi connectivity index (χ1n) is 25.6. The molecule has 0 saturated heterocycles. The molecule has 9 heteroatoms. The van der Waals surface area contributed by atoms with Gasteiger partial charge >= 0.3 is 6.09 Å². The van der Waals surface area contributed by atoms with Crippen molar-refractivity contribution in [3.05, 3.63) is 275 Å². The fourth-order valence-electron chi connectivity index (χ4n) is 9.76. The molecule has 8 aromatic rings. The van der Waals surface area contributed by atoms with Crippen molar-refractivity contribution in [2.45, 2.75) is 61.6 Å². The van der Waals surface area contributed by atoms with Crippen LogP contribution in [0, 0.1) is 5.92 Å². The van der Waals surface area contributed by atoms with Crippen LogP contribution in [0.5, 0.6) is 0 Å². The van der Waals surface area contributed by atoms with Gasteiger partial charge in [0.1, 0.15) is 6.61 Å². The molecular formula is C66H64N2O5S2. The lowest BCUT2D eigenvalue weighted by Gasteiger charge is -2.36. The summed E-state index contributed by atoms with van der Waals surface area (Å²) in [5.74, 6) is 0.433. The van der Waals surface area contributed by atoms with Gasteiger partial charge in [0.15, 0.2) is 11.6 Å². The Labute approximate surface area is 451 Å². The Bertz CT molecular complexity index is 2880. The van der Waals surface area contributed by atoms with Crippen molar-refractivity contribution in [3.8, 4) is 11.1 Å². The lowest BCUT2D eigenvalue weighted by molar-refractivity contribution is -0.128. The van der Waals surface area contributed by atoms with Crippen LogP contribution in [-0.4, -0.2) is 53.8 Å². The van der Waals surface area contributed by atoms with E-state index in [0.29, 0.717) is 11.5 Å². The van der Waals surface area contributed by atoms with Crippen LogP contribution in [0.4, 0.5) is 4.79 Å². The van der Waals surface area contributed by atoms with Crippen molar-refractivity contribution in [2.24, 2.45) is 5.92 Å². The van der Waals surface area contributed by atoms with Crippen LogP contribution in [0.2, 0.25) is 0 Å². The average molecular weight is 1030 g/mol. The second-order valence-electron chi connectivity index (χ2n) is 18.8. The Hall–Kier alpha value is -7.46. The summed E-state index contributed by atoms with van der Waals surface area (Å²) in [6.07, 6.45) is 0.151. The van der Waals surface area contributed by atoms with E-state index in [1.165, 1.54) is 18.1 Å². The van der Waals surface area contributed by atoms with Gasteiger partial charge in [0, 0.05) is 23.3 Å². The maximum Gasteiger partial charge on any atom is 0.407 e. The number of Topliss-reactive ketones (excluding diaryl/α,β-unsaturated/α-hetero) is 2. The summed E-state index contributed by atoms with van der Waals surface area (Å²) in [5.41, 5.74) is 11.3. The predicted octanol–water partition coefficient (Wildman–Crippen LogP) is 14.0. The summed E-state index contributed by atoms with van der Waals surface area (Å²) in [5, 5.41) is 5.87. The molecule has 7 nitrogen and oxygen atoms in total. The van der Waals surface area contributed by atoms with Crippen molar-refractivity contribution in [1.82, 2.24) is 10.6 Å². The van der Waals surface area contributed by atoms with E-state index in [2.05, 4.69) is 108 Å². The largest absolute Gasteiger partial charge is 0.449 e. The third-order valence-corrected chi connectivity index (χ3v) is 17.3. The molecule has 0 radical (unpaired) electrons. The van der Waals surface area contributed by atoms with Crippen molar-refractivity contribution < 1.29 is 23.9 Å². The molecule has 2 N–H and O–H groups in total. The fourth-order valence-corrected chi connectivity index (χ4v) is 13.0. The number of nitrogens with one attached hydrogen (secondary N) is 2. The van der Waals surface area contributed by atoms with Crippen LogP contribution in [0.1, 0.15) is 84.5 Å². The van der Waals surface area contributed by atoms with Gasteiger partial charge in [-0.2, -0.15) is 0 Å². The van der Waals surface area contributed by atoms with Gasteiger partial charge in [-0.25, -0.2) is 4.79 Å². The van der Waals surface area contributed by atoms with Gasteiger partial charge in [0.25, 0.3) is 0 Å². The monoisotopic (exact) mass is 1030 g/mol. The van der Waals surface area contributed by atoms with E-state index in [1.54, 1.807) is 30.4 Å². The van der Waals surface area contributed by atoms with Crippen molar-refractivity contribution in [3.63, 3.8) is 0 Å². The fraction of sp³-hybridized carbons (Fsp3) is 0.212. The van der Waals surface area contributed by atoms with Gasteiger partial charge in [-0.3, -0.25) is 14.4 Å². The zero-order valence-electron chi connectivity index (χ0n) is 42.9. The minimum absolute atomic E-state index is 0.0303. The minimum atomic E-state index is -0.726. The standard InChI is InChI=1S/C38H33NO3S.C28H31NO2S/c1-27(40)36(39-37(41)42-25-35-33-23-13-11-21-31(33)32-22-12-14-24-34(32)35)26-43-38(28-15-5-2-6-16-28,29-17-7-3-8-18-29)30-19-9-4-10-20-30;1-4-21(2)27(31)29-26(22(3)30)20-32-28(23-14-8-5-9-15-23,24-16-10-6-11-17-24)25-18-12-7-13-19-25/h2-24,35-36H,25-26H2,1H3,(H,39,41);5-19,21,26H,4,20H2,1-3H3,(H,29,31)/t36-;21-,26?/m00/s1. The summed E-state index contributed by atoms with van der Waals surface area (Å²) in [7, 11) is 0. The van der Waals surface area contributed by atoms with Crippen LogP contribution in [0.25, 0.3) is 11.1 Å². The first kappa shape index (κ1) is 53.8. The summed E-state index contributed by atoms with van der Waals surface area (Å²) in [6.45, 7) is 7.13. The van der Waals surface area contributed by atoms with Crippen LogP contribution < -0.4 is 10.6 Å². The first-order valence-corrected chi connectivity index (χ1v) is 27.6. The van der Waals surface area contributed by atoms with E-state index in [0.717, 1.165) is 50.9 Å². The minimum Gasteiger partial charge on any atom is -0.449 e. The lowest BCUT2D eigenvalue weighted by atomic mass is 9.84. The molecule has 1 unspecified atom stereocenters. The molecule has 0 spiro atoms. The first-order chi connectivity index (χ1) is 36.6. The summed E-state index contributed by atoms with van der Waals surface area (Å²) in [4.78, 5) is 51.1. The van der Waals surface area contributed by atoms with Gasteiger partial charge in [-0.15, -0.1) is 23.5 Å². The number of thioether (sulfide) groups is 2. The molecular weight excluding hydrogens is 965 g/mol. The van der Waals surface area contributed by atoms with E-state index < -0.39 is 27.7 Å². The van der Waals surface area contributed by atoms with Gasteiger partial charge in [0.2, 0.25) is 5.91 Å². The van der Waals surface area contributed by atoms with E-state index in [1.807, 2.05) is 147 Å². The number of ether oxygens (including phenoxy) is 1. The number of amides is 2. The number of fused-ring (bicyclic) bond motifs is 3. The molecule has 2 amide bonds. The Morgan fingerprint density at radius 1 is 0.453 bits per heavy atom. The number of rotatable bonds is 20. The quantitative estimate of drug-likeness (QED) is 0.0733. The Morgan fingerprint density at radius 2 is 0.747 bits per heavy atom. The van der Waals surface area contributed by atoms with E-state index in [9.17, 15) is 19.2 Å². The second-order valence-corrected chi connectivity index (χ2v) is 21.3. The maximum absolute atomic E-state index is 13.2. The smallest absolute Gasteiger partial charge is 0.407 e. The van der Waals surface area contributed by atoms with E-state index in [4.69, 9.17) is 4.74 Å². The normalized spacial score (nSPS) is 13.1. The number of alkyl carbamates (subject to hydrolysis) is 1. The van der Waals surface area contributed by atoms with Crippen molar-refractivity contribution in [1.29, 1.82) is 0 Å².